The average molecular weight is 168 g/mol. The molecule has 0 fully saturated rings. The van der Waals surface area contributed by atoms with Crippen molar-refractivity contribution in [2.24, 2.45) is 0 Å². The minimum atomic E-state index is -4.40. The zero-order chi connectivity index (χ0) is 7.78. The largest absolute Gasteiger partial charge is 0.452 e. The molecular weight excluding hydrogens is 165 g/mol. The molecule has 10 heavy (non-hydrogen) atoms. The fourth-order valence-electron chi connectivity index (χ4n) is 0.414. The van der Waals surface area contributed by atoms with E-state index in [0.717, 1.165) is 11.5 Å². The summed E-state index contributed by atoms with van der Waals surface area (Å²) in [5.74, 6) is -1.05. The van der Waals surface area contributed by atoms with Gasteiger partial charge in [-0.3, -0.25) is 0 Å². The van der Waals surface area contributed by atoms with Crippen molar-refractivity contribution in [1.29, 1.82) is 0 Å². The van der Waals surface area contributed by atoms with E-state index < -0.39 is 12.0 Å². The molecule has 0 aliphatic rings. The normalized spacial score (nSPS) is 12.0. The lowest BCUT2D eigenvalue weighted by atomic mass is 10.6. The molecule has 0 atom stereocenters. The molecule has 1 heterocycles. The molecule has 0 saturated carbocycles. The Kier molecular flexibility index (Phi) is 1.63. The van der Waals surface area contributed by atoms with Gasteiger partial charge in [0.25, 0.3) is 0 Å². The van der Waals surface area contributed by atoms with Gasteiger partial charge in [0.1, 0.15) is 5.01 Å². The standard InChI is InChI=1S/C4H3F3N2S/c1-2-8-3(9-10-2)4(5,6)7/h1H3. The van der Waals surface area contributed by atoms with E-state index in [-0.39, 0.29) is 0 Å². The van der Waals surface area contributed by atoms with E-state index in [0.29, 0.717) is 5.01 Å². The van der Waals surface area contributed by atoms with Gasteiger partial charge >= 0.3 is 6.18 Å². The summed E-state index contributed by atoms with van der Waals surface area (Å²) in [6, 6.07) is 0. The van der Waals surface area contributed by atoms with E-state index >= 15 is 0 Å². The van der Waals surface area contributed by atoms with E-state index in [9.17, 15) is 13.2 Å². The zero-order valence-corrected chi connectivity index (χ0v) is 5.75. The Hall–Kier alpha value is -0.650. The van der Waals surface area contributed by atoms with Crippen LogP contribution in [0, 0.1) is 6.92 Å². The highest BCUT2D eigenvalue weighted by Crippen LogP contribution is 2.26. The van der Waals surface area contributed by atoms with Gasteiger partial charge in [-0.15, -0.1) is 0 Å². The van der Waals surface area contributed by atoms with E-state index in [1.165, 1.54) is 6.92 Å². The van der Waals surface area contributed by atoms with Gasteiger partial charge in [0.05, 0.1) is 0 Å². The molecule has 0 aliphatic heterocycles. The summed E-state index contributed by atoms with van der Waals surface area (Å²) in [6.07, 6.45) is -4.40. The van der Waals surface area contributed by atoms with Crippen LogP contribution in [0.4, 0.5) is 13.2 Å². The molecule has 1 aromatic heterocycles. The van der Waals surface area contributed by atoms with Crippen LogP contribution < -0.4 is 0 Å². The first-order chi connectivity index (χ1) is 4.50. The Balaban J connectivity index is 2.96. The van der Waals surface area contributed by atoms with Gasteiger partial charge in [-0.1, -0.05) is 0 Å². The summed E-state index contributed by atoms with van der Waals surface area (Å²) >= 11 is 0.750. The van der Waals surface area contributed by atoms with Crippen LogP contribution in [0.5, 0.6) is 0 Å². The van der Waals surface area contributed by atoms with Gasteiger partial charge in [0.15, 0.2) is 0 Å². The first-order valence-electron chi connectivity index (χ1n) is 2.37. The highest BCUT2D eigenvalue weighted by Gasteiger charge is 2.35. The number of hydrogen-bond acceptors (Lipinski definition) is 3. The Bertz CT molecular complexity index is 229. The van der Waals surface area contributed by atoms with Crippen molar-refractivity contribution < 1.29 is 13.2 Å². The van der Waals surface area contributed by atoms with Crippen molar-refractivity contribution in [2.45, 2.75) is 13.1 Å². The molecule has 0 N–H and O–H groups in total. The third-order valence-electron chi connectivity index (χ3n) is 0.781. The number of aromatic nitrogens is 2. The molecule has 0 spiro atoms. The topological polar surface area (TPSA) is 25.8 Å². The summed E-state index contributed by atoms with van der Waals surface area (Å²) in [6.45, 7) is 1.48. The Morgan fingerprint density at radius 1 is 1.40 bits per heavy atom. The minimum Gasteiger partial charge on any atom is -0.216 e. The van der Waals surface area contributed by atoms with Crippen LogP contribution in [0.15, 0.2) is 0 Å². The molecule has 0 radical (unpaired) electrons. The number of alkyl halides is 3. The maximum absolute atomic E-state index is 11.7. The first-order valence-corrected chi connectivity index (χ1v) is 3.15. The number of hydrogen-bond donors (Lipinski definition) is 0. The molecule has 0 amide bonds. The van der Waals surface area contributed by atoms with E-state index in [2.05, 4.69) is 9.36 Å². The number of rotatable bonds is 0. The fraction of sp³-hybridized carbons (Fsp3) is 0.500. The second-order valence-electron chi connectivity index (χ2n) is 1.63. The van der Waals surface area contributed by atoms with Gasteiger partial charge in [-0.25, -0.2) is 4.98 Å². The summed E-state index contributed by atoms with van der Waals surface area (Å²) in [4.78, 5) is 3.16. The van der Waals surface area contributed by atoms with E-state index in [4.69, 9.17) is 0 Å². The highest BCUT2D eigenvalue weighted by molar-refractivity contribution is 7.05. The van der Waals surface area contributed by atoms with Crippen LogP contribution in [0.2, 0.25) is 0 Å². The van der Waals surface area contributed by atoms with Crippen molar-refractivity contribution in [3.63, 3.8) is 0 Å². The van der Waals surface area contributed by atoms with Crippen LogP contribution in [-0.2, 0) is 6.18 Å². The molecule has 1 rings (SSSR count). The van der Waals surface area contributed by atoms with Crippen molar-refractivity contribution in [2.75, 3.05) is 0 Å². The van der Waals surface area contributed by atoms with E-state index in [1.54, 1.807) is 0 Å². The molecule has 0 bridgehead atoms. The maximum Gasteiger partial charge on any atom is 0.452 e. The van der Waals surface area contributed by atoms with Crippen LogP contribution >= 0.6 is 11.5 Å². The molecule has 0 aromatic carbocycles. The SMILES string of the molecule is Cc1nc(C(F)(F)F)ns1. The van der Waals surface area contributed by atoms with Gasteiger partial charge in [-0.2, -0.15) is 17.5 Å². The average Bonchev–Trinajstić information content (AvgIpc) is 2.11. The van der Waals surface area contributed by atoms with Gasteiger partial charge < -0.3 is 0 Å². The third-order valence-corrected chi connectivity index (χ3v) is 1.40. The predicted octanol–water partition coefficient (Wildman–Crippen LogP) is 1.87. The lowest BCUT2D eigenvalue weighted by molar-refractivity contribution is -0.144. The molecule has 56 valence electrons. The molecule has 2 nitrogen and oxygen atoms in total. The second kappa shape index (κ2) is 2.19. The van der Waals surface area contributed by atoms with Crippen LogP contribution in [0.25, 0.3) is 0 Å². The Morgan fingerprint density at radius 3 is 2.20 bits per heavy atom. The Morgan fingerprint density at radius 2 is 2.00 bits per heavy atom. The van der Waals surface area contributed by atoms with Crippen LogP contribution in [0.1, 0.15) is 10.8 Å². The molecule has 0 unspecified atom stereocenters. The molecule has 6 heteroatoms. The lowest BCUT2D eigenvalue weighted by Gasteiger charge is -1.96. The lowest BCUT2D eigenvalue weighted by Crippen LogP contribution is -2.06. The molecular formula is C4H3F3N2S. The smallest absolute Gasteiger partial charge is 0.216 e. The minimum absolute atomic E-state index is 0.326. The predicted molar refractivity (Wildman–Crippen MR) is 29.6 cm³/mol. The van der Waals surface area contributed by atoms with Crippen molar-refractivity contribution >= 4 is 11.5 Å². The summed E-state index contributed by atoms with van der Waals surface area (Å²) in [5.41, 5.74) is 0. The molecule has 1 aromatic rings. The zero-order valence-electron chi connectivity index (χ0n) is 4.94. The maximum atomic E-state index is 11.7. The quantitative estimate of drug-likeness (QED) is 0.591. The monoisotopic (exact) mass is 168 g/mol. The third kappa shape index (κ3) is 1.44. The van der Waals surface area contributed by atoms with E-state index in [1.807, 2.05) is 0 Å². The van der Waals surface area contributed by atoms with Gasteiger partial charge in [-0.05, 0) is 18.5 Å². The van der Waals surface area contributed by atoms with Crippen molar-refractivity contribution in [3.8, 4) is 0 Å². The second-order valence-corrected chi connectivity index (χ2v) is 2.59. The molecule has 0 aliphatic carbocycles. The summed E-state index contributed by atoms with van der Waals surface area (Å²) in [5, 5.41) is 0.326. The van der Waals surface area contributed by atoms with Crippen LogP contribution in [0.3, 0.4) is 0 Å². The summed E-state index contributed by atoms with van der Waals surface area (Å²) < 4.78 is 38.1. The molecule has 0 saturated heterocycles. The number of nitrogens with zero attached hydrogens (tertiary/aromatic N) is 2. The number of halogens is 3. The first kappa shape index (κ1) is 7.46. The fourth-order valence-corrected chi connectivity index (χ4v) is 0.905. The highest BCUT2D eigenvalue weighted by atomic mass is 32.1. The Labute approximate surface area is 58.9 Å². The van der Waals surface area contributed by atoms with Gasteiger partial charge in [0, 0.05) is 0 Å². The van der Waals surface area contributed by atoms with Crippen LogP contribution in [-0.4, -0.2) is 9.36 Å². The summed E-state index contributed by atoms with van der Waals surface area (Å²) in [7, 11) is 0. The van der Waals surface area contributed by atoms with Gasteiger partial charge in [0.2, 0.25) is 5.82 Å². The number of aryl methyl sites for hydroxylation is 1. The van der Waals surface area contributed by atoms with Crippen molar-refractivity contribution in [1.82, 2.24) is 9.36 Å². The van der Waals surface area contributed by atoms with Crippen molar-refractivity contribution in [3.05, 3.63) is 10.8 Å².